The molecule has 0 amide bonds. The highest BCUT2D eigenvalue weighted by atomic mass is 32.2. The Morgan fingerprint density at radius 3 is 2.46 bits per heavy atom. The van der Waals surface area contributed by atoms with Gasteiger partial charge >= 0.3 is 0 Å². The lowest BCUT2D eigenvalue weighted by Crippen LogP contribution is -2.60. The molecular weight excluding hydrogens is 330 g/mol. The van der Waals surface area contributed by atoms with E-state index in [0.717, 1.165) is 17.8 Å². The van der Waals surface area contributed by atoms with Crippen LogP contribution in [0.4, 0.5) is 5.82 Å². The van der Waals surface area contributed by atoms with Gasteiger partial charge in [0.15, 0.2) is 5.82 Å². The van der Waals surface area contributed by atoms with Crippen molar-refractivity contribution in [1.29, 1.82) is 0 Å². The van der Waals surface area contributed by atoms with E-state index in [0.29, 0.717) is 13.1 Å². The summed E-state index contributed by atoms with van der Waals surface area (Å²) in [7, 11) is -2.00. The number of rotatable bonds is 4. The van der Waals surface area contributed by atoms with Crippen molar-refractivity contribution in [2.24, 2.45) is 0 Å². The first-order valence-electron chi connectivity index (χ1n) is 7.66. The first-order chi connectivity index (χ1) is 11.2. The third-order valence-corrected chi connectivity index (χ3v) is 6.06. The highest BCUT2D eigenvalue weighted by Crippen LogP contribution is 2.26. The smallest absolute Gasteiger partial charge is 0.248 e. The second kappa shape index (κ2) is 5.82. The molecule has 1 aliphatic heterocycles. The van der Waals surface area contributed by atoms with Crippen molar-refractivity contribution in [3.05, 3.63) is 30.3 Å². The highest BCUT2D eigenvalue weighted by molar-refractivity contribution is 7.89. The van der Waals surface area contributed by atoms with Crippen LogP contribution in [-0.2, 0) is 15.4 Å². The molecule has 0 aromatic carbocycles. The molecule has 1 fully saturated rings. The molecule has 130 valence electrons. The largest absolute Gasteiger partial charge is 0.363 e. The van der Waals surface area contributed by atoms with Gasteiger partial charge in [0.05, 0.1) is 17.9 Å². The lowest BCUT2D eigenvalue weighted by Gasteiger charge is -2.43. The van der Waals surface area contributed by atoms with Crippen LogP contribution in [0.2, 0.25) is 0 Å². The number of sulfonamides is 1. The predicted molar refractivity (Wildman–Crippen MR) is 88.2 cm³/mol. The van der Waals surface area contributed by atoms with Crippen molar-refractivity contribution >= 4 is 15.8 Å². The normalized spacial score (nSPS) is 16.5. The fourth-order valence-corrected chi connectivity index (χ4v) is 3.65. The first-order valence-corrected chi connectivity index (χ1v) is 9.10. The summed E-state index contributed by atoms with van der Waals surface area (Å²) in [5.41, 5.74) is 0.881. The second-order valence-electron chi connectivity index (χ2n) is 6.97. The molecule has 3 heterocycles. The Balaban J connectivity index is 1.65. The third kappa shape index (κ3) is 3.01. The van der Waals surface area contributed by atoms with Crippen LogP contribution in [0.3, 0.4) is 0 Å². The van der Waals surface area contributed by atoms with Crippen LogP contribution in [0.5, 0.6) is 0 Å². The molecule has 2 aromatic heterocycles. The summed E-state index contributed by atoms with van der Waals surface area (Å²) in [6.45, 7) is 7.40. The fraction of sp³-hybridized carbons (Fsp3) is 0.533. The summed E-state index contributed by atoms with van der Waals surface area (Å²) < 4.78 is 30.8. The van der Waals surface area contributed by atoms with Gasteiger partial charge in [-0.15, -0.1) is 5.10 Å². The quantitative estimate of drug-likeness (QED) is 0.819. The zero-order valence-corrected chi connectivity index (χ0v) is 15.0. The molecular formula is C15H21N5O3S. The molecule has 0 aliphatic carbocycles. The highest BCUT2D eigenvalue weighted by Gasteiger charge is 2.38. The Morgan fingerprint density at radius 1 is 1.25 bits per heavy atom. The minimum Gasteiger partial charge on any atom is -0.363 e. The molecule has 0 N–H and O–H groups in total. The molecule has 2 aromatic rings. The molecule has 8 nitrogen and oxygen atoms in total. The average Bonchev–Trinajstić information content (AvgIpc) is 3.00. The minimum atomic E-state index is -3.57. The molecule has 3 rings (SSSR count). The number of hydrogen-bond acceptors (Lipinski definition) is 7. The maximum Gasteiger partial charge on any atom is 0.248 e. The van der Waals surface area contributed by atoms with Crippen LogP contribution in [0.15, 0.2) is 34.0 Å². The van der Waals surface area contributed by atoms with Crippen LogP contribution in [0.25, 0.3) is 0 Å². The van der Waals surface area contributed by atoms with Crippen LogP contribution in [0.1, 0.15) is 26.5 Å². The number of likely N-dealkylation sites (N-methyl/N-ethyl adjacent to an activating group) is 1. The summed E-state index contributed by atoms with van der Waals surface area (Å²) in [5.74, 6) is 0.759. The molecule has 0 radical (unpaired) electrons. The Morgan fingerprint density at radius 2 is 1.96 bits per heavy atom. The molecule has 0 saturated carbocycles. The second-order valence-corrected chi connectivity index (χ2v) is 8.96. The predicted octanol–water partition coefficient (Wildman–Crippen LogP) is 1.27. The SMILES string of the molecule is CN(C1CN(c2ccc(C(C)(C)C)nn2)C1)S(=O)(=O)c1cnoc1. The zero-order valence-electron chi connectivity index (χ0n) is 14.2. The molecule has 24 heavy (non-hydrogen) atoms. The van der Waals surface area contributed by atoms with E-state index in [9.17, 15) is 8.42 Å². The van der Waals surface area contributed by atoms with Gasteiger partial charge in [0.1, 0.15) is 11.2 Å². The van der Waals surface area contributed by atoms with Gasteiger partial charge < -0.3 is 9.42 Å². The van der Waals surface area contributed by atoms with E-state index in [1.54, 1.807) is 7.05 Å². The molecule has 0 bridgehead atoms. The summed E-state index contributed by atoms with van der Waals surface area (Å²) in [5, 5.41) is 12.0. The van der Waals surface area contributed by atoms with Gasteiger partial charge in [0.2, 0.25) is 10.0 Å². The molecule has 1 aliphatic rings. The van der Waals surface area contributed by atoms with Gasteiger partial charge in [-0.05, 0) is 12.1 Å². The van der Waals surface area contributed by atoms with E-state index in [1.807, 2.05) is 17.0 Å². The minimum absolute atomic E-state index is 0.0457. The average molecular weight is 351 g/mol. The van der Waals surface area contributed by atoms with E-state index in [-0.39, 0.29) is 16.4 Å². The van der Waals surface area contributed by atoms with E-state index >= 15 is 0 Å². The number of aromatic nitrogens is 3. The monoisotopic (exact) mass is 351 g/mol. The Hall–Kier alpha value is -2.00. The van der Waals surface area contributed by atoms with Gasteiger partial charge in [-0.25, -0.2) is 8.42 Å². The molecule has 1 saturated heterocycles. The van der Waals surface area contributed by atoms with Crippen molar-refractivity contribution in [2.45, 2.75) is 37.1 Å². The van der Waals surface area contributed by atoms with Crippen molar-refractivity contribution in [2.75, 3.05) is 25.0 Å². The Labute approximate surface area is 141 Å². The van der Waals surface area contributed by atoms with Crippen LogP contribution in [-0.4, -0.2) is 54.3 Å². The van der Waals surface area contributed by atoms with Crippen molar-refractivity contribution in [1.82, 2.24) is 19.7 Å². The van der Waals surface area contributed by atoms with E-state index in [4.69, 9.17) is 0 Å². The van der Waals surface area contributed by atoms with Gasteiger partial charge in [-0.3, -0.25) is 0 Å². The number of hydrogen-bond donors (Lipinski definition) is 0. The number of nitrogens with zero attached hydrogens (tertiary/aromatic N) is 5. The van der Waals surface area contributed by atoms with Crippen molar-refractivity contribution < 1.29 is 12.9 Å². The lowest BCUT2D eigenvalue weighted by atomic mass is 9.92. The van der Waals surface area contributed by atoms with Gasteiger partial charge in [-0.2, -0.15) is 9.40 Å². The van der Waals surface area contributed by atoms with Gasteiger partial charge in [-0.1, -0.05) is 25.9 Å². The van der Waals surface area contributed by atoms with Crippen LogP contribution in [0, 0.1) is 0 Å². The Kier molecular flexibility index (Phi) is 4.08. The topological polar surface area (TPSA) is 92.4 Å². The van der Waals surface area contributed by atoms with Gasteiger partial charge in [0.25, 0.3) is 0 Å². The van der Waals surface area contributed by atoms with E-state index < -0.39 is 10.0 Å². The first kappa shape index (κ1) is 16.8. The summed E-state index contributed by atoms with van der Waals surface area (Å²) in [4.78, 5) is 2.07. The maximum atomic E-state index is 12.4. The van der Waals surface area contributed by atoms with E-state index in [2.05, 4.69) is 40.6 Å². The van der Waals surface area contributed by atoms with Gasteiger partial charge in [0, 0.05) is 25.6 Å². The Bertz CT molecular complexity index is 791. The van der Waals surface area contributed by atoms with Crippen molar-refractivity contribution in [3.63, 3.8) is 0 Å². The molecule has 0 atom stereocenters. The summed E-state index contributed by atoms with van der Waals surface area (Å²) in [6, 6.07) is 3.78. The summed E-state index contributed by atoms with van der Waals surface area (Å²) >= 11 is 0. The molecule has 9 heteroatoms. The molecule has 0 spiro atoms. The summed E-state index contributed by atoms with van der Waals surface area (Å²) in [6.07, 6.45) is 2.35. The standard InChI is InChI=1S/C15H21N5O3S/c1-15(2,3)13-5-6-14(18-17-13)20-8-11(9-20)19(4)24(21,22)12-7-16-23-10-12/h5-7,10-11H,8-9H2,1-4H3. The van der Waals surface area contributed by atoms with Crippen molar-refractivity contribution in [3.8, 4) is 0 Å². The van der Waals surface area contributed by atoms with Crippen LogP contribution < -0.4 is 4.90 Å². The molecule has 0 unspecified atom stereocenters. The lowest BCUT2D eigenvalue weighted by molar-refractivity contribution is 0.308. The zero-order chi connectivity index (χ0) is 17.5. The maximum absolute atomic E-state index is 12.4. The fourth-order valence-electron chi connectivity index (χ4n) is 2.45. The van der Waals surface area contributed by atoms with Crippen LogP contribution >= 0.6 is 0 Å². The third-order valence-electron chi connectivity index (χ3n) is 4.21. The van der Waals surface area contributed by atoms with E-state index in [1.165, 1.54) is 10.5 Å². The number of anilines is 1.